The number of aliphatic hydroxyl groups excluding tert-OH is 1. The molecular formula is C16H17FN2OS. The molecule has 2 aromatic rings. The van der Waals surface area contributed by atoms with Crippen LogP contribution in [0.2, 0.25) is 0 Å². The van der Waals surface area contributed by atoms with Gasteiger partial charge >= 0.3 is 0 Å². The summed E-state index contributed by atoms with van der Waals surface area (Å²) in [5, 5.41) is 15.5. The molecular weight excluding hydrogens is 287 g/mol. The number of aliphatic hydroxyl groups is 1. The minimum Gasteiger partial charge on any atom is -0.396 e. The van der Waals surface area contributed by atoms with Crippen LogP contribution in [0.5, 0.6) is 0 Å². The summed E-state index contributed by atoms with van der Waals surface area (Å²) in [6, 6.07) is 6.70. The van der Waals surface area contributed by atoms with Crippen LogP contribution >= 0.6 is 11.3 Å². The van der Waals surface area contributed by atoms with Gasteiger partial charge in [-0.1, -0.05) is 12.2 Å². The van der Waals surface area contributed by atoms with E-state index in [0.717, 1.165) is 22.7 Å². The first kappa shape index (κ1) is 14.4. The van der Waals surface area contributed by atoms with E-state index in [1.54, 1.807) is 23.5 Å². The Balaban J connectivity index is 1.58. The van der Waals surface area contributed by atoms with E-state index >= 15 is 0 Å². The van der Waals surface area contributed by atoms with Gasteiger partial charge in [0.05, 0.1) is 5.69 Å². The molecule has 0 radical (unpaired) electrons. The third-order valence-corrected chi connectivity index (χ3v) is 4.54. The van der Waals surface area contributed by atoms with Gasteiger partial charge in [0.1, 0.15) is 10.8 Å². The predicted octanol–water partition coefficient (Wildman–Crippen LogP) is 2.98. The highest BCUT2D eigenvalue weighted by Crippen LogP contribution is 2.24. The summed E-state index contributed by atoms with van der Waals surface area (Å²) in [5.41, 5.74) is 1.92. The molecule has 0 saturated heterocycles. The lowest BCUT2D eigenvalue weighted by Crippen LogP contribution is -2.26. The molecule has 2 N–H and O–H groups in total. The zero-order valence-corrected chi connectivity index (χ0v) is 12.3. The van der Waals surface area contributed by atoms with Crippen molar-refractivity contribution in [3.63, 3.8) is 0 Å². The highest BCUT2D eigenvalue weighted by molar-refractivity contribution is 7.13. The molecule has 0 bridgehead atoms. The average molecular weight is 304 g/mol. The van der Waals surface area contributed by atoms with Crippen molar-refractivity contribution in [2.75, 3.05) is 6.61 Å². The topological polar surface area (TPSA) is 45.1 Å². The second-order valence-corrected chi connectivity index (χ2v) is 6.06. The second kappa shape index (κ2) is 6.47. The summed E-state index contributed by atoms with van der Waals surface area (Å²) in [7, 11) is 0. The van der Waals surface area contributed by atoms with Crippen molar-refractivity contribution < 1.29 is 9.50 Å². The molecule has 0 fully saturated rings. The van der Waals surface area contributed by atoms with E-state index in [1.807, 2.05) is 5.38 Å². The fraction of sp³-hybridized carbons (Fsp3) is 0.312. The molecule has 5 heteroatoms. The third kappa shape index (κ3) is 3.56. The van der Waals surface area contributed by atoms with Crippen molar-refractivity contribution in [1.82, 2.24) is 10.3 Å². The first-order valence-electron chi connectivity index (χ1n) is 6.97. The predicted molar refractivity (Wildman–Crippen MR) is 82.5 cm³/mol. The lowest BCUT2D eigenvalue weighted by molar-refractivity contribution is 0.246. The van der Waals surface area contributed by atoms with E-state index in [2.05, 4.69) is 22.5 Å². The number of benzene rings is 1. The Hall–Kier alpha value is -1.56. The molecule has 3 nitrogen and oxygen atoms in total. The van der Waals surface area contributed by atoms with Gasteiger partial charge in [-0.25, -0.2) is 9.37 Å². The van der Waals surface area contributed by atoms with Crippen LogP contribution in [0.3, 0.4) is 0 Å². The molecule has 0 aliphatic heterocycles. The van der Waals surface area contributed by atoms with E-state index < -0.39 is 0 Å². The Morgan fingerprint density at radius 1 is 1.29 bits per heavy atom. The van der Waals surface area contributed by atoms with Crippen molar-refractivity contribution in [1.29, 1.82) is 0 Å². The van der Waals surface area contributed by atoms with E-state index in [1.165, 1.54) is 12.1 Å². The molecule has 3 rings (SSSR count). The number of halogens is 1. The highest BCUT2D eigenvalue weighted by Gasteiger charge is 2.17. The number of thiazole rings is 1. The summed E-state index contributed by atoms with van der Waals surface area (Å²) < 4.78 is 12.9. The number of hydrogen-bond acceptors (Lipinski definition) is 4. The normalized spacial score (nSPS) is 21.0. The number of aromatic nitrogens is 1. The van der Waals surface area contributed by atoms with Gasteiger partial charge in [-0.2, -0.15) is 0 Å². The van der Waals surface area contributed by atoms with Crippen LogP contribution in [0, 0.1) is 11.7 Å². The van der Waals surface area contributed by atoms with Crippen molar-refractivity contribution in [3.05, 3.63) is 53.3 Å². The fourth-order valence-corrected chi connectivity index (χ4v) is 3.24. The quantitative estimate of drug-likeness (QED) is 0.835. The van der Waals surface area contributed by atoms with Crippen LogP contribution in [0.25, 0.3) is 10.6 Å². The van der Waals surface area contributed by atoms with Crippen LogP contribution in [-0.4, -0.2) is 22.7 Å². The molecule has 1 aliphatic carbocycles. The van der Waals surface area contributed by atoms with E-state index in [0.29, 0.717) is 12.6 Å². The molecule has 0 amide bonds. The van der Waals surface area contributed by atoms with Crippen LogP contribution < -0.4 is 5.32 Å². The number of rotatable bonds is 5. The van der Waals surface area contributed by atoms with Gasteiger partial charge in [0.15, 0.2) is 0 Å². The van der Waals surface area contributed by atoms with Crippen LogP contribution in [0.15, 0.2) is 41.8 Å². The molecule has 0 unspecified atom stereocenters. The highest BCUT2D eigenvalue weighted by atomic mass is 32.1. The number of nitrogens with one attached hydrogen (secondary N) is 1. The third-order valence-electron chi connectivity index (χ3n) is 3.60. The summed E-state index contributed by atoms with van der Waals surface area (Å²) in [5.74, 6) is 0.0383. The maximum atomic E-state index is 12.9. The van der Waals surface area contributed by atoms with Crippen molar-refractivity contribution >= 4 is 11.3 Å². The Bertz CT molecular complexity index is 623. The molecule has 2 atom stereocenters. The number of nitrogens with zero attached hydrogens (tertiary/aromatic N) is 1. The lowest BCUT2D eigenvalue weighted by Gasteiger charge is -2.11. The van der Waals surface area contributed by atoms with E-state index in [9.17, 15) is 4.39 Å². The van der Waals surface area contributed by atoms with Crippen LogP contribution in [-0.2, 0) is 6.54 Å². The van der Waals surface area contributed by atoms with Gasteiger partial charge in [0.2, 0.25) is 0 Å². The van der Waals surface area contributed by atoms with Crippen molar-refractivity contribution in [2.24, 2.45) is 5.92 Å². The molecule has 0 spiro atoms. The molecule has 1 heterocycles. The molecule has 110 valence electrons. The van der Waals surface area contributed by atoms with Gasteiger partial charge in [-0.15, -0.1) is 11.3 Å². The maximum absolute atomic E-state index is 12.9. The summed E-state index contributed by atoms with van der Waals surface area (Å²) in [4.78, 5) is 4.57. The molecule has 21 heavy (non-hydrogen) atoms. The molecule has 1 aromatic heterocycles. The smallest absolute Gasteiger partial charge is 0.123 e. The minimum atomic E-state index is -0.233. The fourth-order valence-electron chi connectivity index (χ4n) is 2.41. The van der Waals surface area contributed by atoms with Gasteiger partial charge in [-0.05, 0) is 30.7 Å². The zero-order valence-electron chi connectivity index (χ0n) is 11.5. The second-order valence-electron chi connectivity index (χ2n) is 5.20. The van der Waals surface area contributed by atoms with Crippen LogP contribution in [0.1, 0.15) is 12.1 Å². The summed E-state index contributed by atoms with van der Waals surface area (Å²) in [6.45, 7) is 0.908. The van der Waals surface area contributed by atoms with Gasteiger partial charge in [0.25, 0.3) is 0 Å². The Kier molecular flexibility index (Phi) is 4.43. The van der Waals surface area contributed by atoms with Gasteiger partial charge in [0, 0.05) is 36.1 Å². The first-order chi connectivity index (χ1) is 10.2. The maximum Gasteiger partial charge on any atom is 0.123 e. The minimum absolute atomic E-state index is 0.208. The lowest BCUT2D eigenvalue weighted by atomic mass is 10.1. The zero-order chi connectivity index (χ0) is 14.7. The standard InChI is InChI=1S/C16H17FN2OS/c17-13-4-2-12(3-5-13)16-19-15(10-21-16)8-18-14-6-1-11(7-14)9-20/h1-6,10-11,14,18,20H,7-9H2/t11-,14+/m0/s1. The monoisotopic (exact) mass is 304 g/mol. The van der Waals surface area contributed by atoms with Gasteiger partial charge in [-0.3, -0.25) is 0 Å². The average Bonchev–Trinajstić information content (AvgIpc) is 3.15. The number of hydrogen-bond donors (Lipinski definition) is 2. The van der Waals surface area contributed by atoms with Gasteiger partial charge < -0.3 is 10.4 Å². The Labute approximate surface area is 127 Å². The SMILES string of the molecule is OC[C@H]1C=C[C@@H](NCc2csc(-c3ccc(F)cc3)n2)C1. The Morgan fingerprint density at radius 2 is 2.10 bits per heavy atom. The van der Waals surface area contributed by atoms with Crippen molar-refractivity contribution in [2.45, 2.75) is 19.0 Å². The van der Waals surface area contributed by atoms with Crippen LogP contribution in [0.4, 0.5) is 4.39 Å². The Morgan fingerprint density at radius 3 is 2.81 bits per heavy atom. The molecule has 0 saturated carbocycles. The summed E-state index contributed by atoms with van der Waals surface area (Å²) in [6.07, 6.45) is 5.10. The molecule has 1 aromatic carbocycles. The van der Waals surface area contributed by atoms with Crippen molar-refractivity contribution in [3.8, 4) is 10.6 Å². The first-order valence-corrected chi connectivity index (χ1v) is 7.85. The molecule has 1 aliphatic rings. The van der Waals surface area contributed by atoms with E-state index in [4.69, 9.17) is 5.11 Å². The summed E-state index contributed by atoms with van der Waals surface area (Å²) >= 11 is 1.56. The largest absolute Gasteiger partial charge is 0.396 e. The van der Waals surface area contributed by atoms with E-state index in [-0.39, 0.29) is 18.3 Å².